The van der Waals surface area contributed by atoms with Gasteiger partial charge < -0.3 is 5.73 Å². The minimum absolute atomic E-state index is 0.00562. The first-order valence-corrected chi connectivity index (χ1v) is 4.32. The lowest BCUT2D eigenvalue weighted by molar-refractivity contribution is 1.47. The van der Waals surface area contributed by atoms with Crippen molar-refractivity contribution in [1.82, 2.24) is 0 Å². The summed E-state index contributed by atoms with van der Waals surface area (Å²) in [6.07, 6.45) is 3.18. The second kappa shape index (κ2) is 4.30. The largest absolute Gasteiger partial charge is 0.384 e. The summed E-state index contributed by atoms with van der Waals surface area (Å²) in [5.74, 6) is 0.00562. The van der Waals surface area contributed by atoms with Gasteiger partial charge in [0, 0.05) is 0 Å². The fourth-order valence-electron chi connectivity index (χ4n) is 0.802. The van der Waals surface area contributed by atoms with E-state index in [2.05, 4.69) is 0 Å². The van der Waals surface area contributed by atoms with Gasteiger partial charge in [0.15, 0.2) is 0 Å². The zero-order valence-electron chi connectivity index (χ0n) is 6.72. The number of amidine groups is 1. The second-order valence-electron chi connectivity index (χ2n) is 2.46. The molecule has 3 N–H and O–H groups in total. The molecule has 0 saturated carbocycles. The van der Waals surface area contributed by atoms with E-state index in [0.29, 0.717) is 10.0 Å². The molecule has 0 radical (unpaired) electrons. The van der Waals surface area contributed by atoms with E-state index in [-0.39, 0.29) is 5.84 Å². The van der Waals surface area contributed by atoms with E-state index in [0.717, 1.165) is 5.56 Å². The van der Waals surface area contributed by atoms with E-state index in [1.807, 2.05) is 0 Å². The zero-order chi connectivity index (χ0) is 9.84. The van der Waals surface area contributed by atoms with Crippen molar-refractivity contribution in [2.24, 2.45) is 5.73 Å². The van der Waals surface area contributed by atoms with Gasteiger partial charge in [0.25, 0.3) is 0 Å². The molecule has 0 aromatic heterocycles. The number of nitrogens with two attached hydrogens (primary N) is 1. The number of nitrogens with one attached hydrogen (secondary N) is 1. The van der Waals surface area contributed by atoms with Crippen molar-refractivity contribution in [2.75, 3.05) is 0 Å². The van der Waals surface area contributed by atoms with Gasteiger partial charge in [-0.1, -0.05) is 35.3 Å². The third-order valence-corrected chi connectivity index (χ3v) is 2.14. The number of rotatable bonds is 2. The predicted molar refractivity (Wildman–Crippen MR) is 57.4 cm³/mol. The van der Waals surface area contributed by atoms with Crippen LogP contribution in [0.2, 0.25) is 10.0 Å². The van der Waals surface area contributed by atoms with E-state index in [1.54, 1.807) is 24.3 Å². The lowest BCUT2D eigenvalue weighted by atomic mass is 10.2. The Balaban J connectivity index is 2.92. The third-order valence-electron chi connectivity index (χ3n) is 1.40. The minimum Gasteiger partial charge on any atom is -0.384 e. The molecule has 4 heteroatoms. The zero-order valence-corrected chi connectivity index (χ0v) is 8.23. The Labute approximate surface area is 86.5 Å². The summed E-state index contributed by atoms with van der Waals surface area (Å²) in [6, 6.07) is 5.21. The van der Waals surface area contributed by atoms with Crippen LogP contribution in [0.3, 0.4) is 0 Å². The first-order chi connectivity index (χ1) is 6.09. The summed E-state index contributed by atoms with van der Waals surface area (Å²) in [5.41, 5.74) is 6.01. The standard InChI is InChI=1S/C9H8Cl2N2/c10-7-3-1-6(5-8(7)11)2-4-9(12)13/h1-5H,(H3,12,13)/b4-2+. The highest BCUT2D eigenvalue weighted by molar-refractivity contribution is 6.42. The van der Waals surface area contributed by atoms with Gasteiger partial charge in [0.2, 0.25) is 0 Å². The Kier molecular flexibility index (Phi) is 3.34. The highest BCUT2D eigenvalue weighted by Gasteiger charge is 1.96. The topological polar surface area (TPSA) is 49.9 Å². The van der Waals surface area contributed by atoms with Crippen LogP contribution in [-0.4, -0.2) is 5.84 Å². The van der Waals surface area contributed by atoms with Gasteiger partial charge in [-0.15, -0.1) is 0 Å². The van der Waals surface area contributed by atoms with E-state index >= 15 is 0 Å². The molecule has 1 aromatic rings. The summed E-state index contributed by atoms with van der Waals surface area (Å²) < 4.78 is 0. The summed E-state index contributed by atoms with van der Waals surface area (Å²) in [7, 11) is 0. The molecule has 0 amide bonds. The van der Waals surface area contributed by atoms with Gasteiger partial charge in [-0.3, -0.25) is 5.41 Å². The summed E-state index contributed by atoms with van der Waals surface area (Å²) in [5, 5.41) is 7.98. The summed E-state index contributed by atoms with van der Waals surface area (Å²) in [6.45, 7) is 0. The smallest absolute Gasteiger partial charge is 0.115 e. The molecule has 0 aliphatic carbocycles. The normalized spacial score (nSPS) is 10.6. The van der Waals surface area contributed by atoms with Crippen molar-refractivity contribution in [3.8, 4) is 0 Å². The first-order valence-electron chi connectivity index (χ1n) is 3.57. The Morgan fingerprint density at radius 1 is 1.31 bits per heavy atom. The Morgan fingerprint density at radius 2 is 2.00 bits per heavy atom. The number of benzene rings is 1. The molecule has 68 valence electrons. The molecular formula is C9H8Cl2N2. The molecule has 0 spiro atoms. The molecule has 0 unspecified atom stereocenters. The molecule has 0 saturated heterocycles. The van der Waals surface area contributed by atoms with Gasteiger partial charge >= 0.3 is 0 Å². The van der Waals surface area contributed by atoms with Crippen LogP contribution in [0, 0.1) is 5.41 Å². The lowest BCUT2D eigenvalue weighted by Crippen LogP contribution is -2.03. The average molecular weight is 215 g/mol. The van der Waals surface area contributed by atoms with Gasteiger partial charge in [-0.05, 0) is 23.8 Å². The van der Waals surface area contributed by atoms with Gasteiger partial charge in [0.05, 0.1) is 10.0 Å². The summed E-state index contributed by atoms with van der Waals surface area (Å²) >= 11 is 11.5. The molecular weight excluding hydrogens is 207 g/mol. The van der Waals surface area contributed by atoms with Crippen LogP contribution in [0.5, 0.6) is 0 Å². The van der Waals surface area contributed by atoms with Crippen molar-refractivity contribution < 1.29 is 0 Å². The van der Waals surface area contributed by atoms with Crippen LogP contribution < -0.4 is 5.73 Å². The van der Waals surface area contributed by atoms with Crippen LogP contribution in [0.1, 0.15) is 5.56 Å². The Bertz CT molecular complexity index is 359. The Morgan fingerprint density at radius 3 is 2.54 bits per heavy atom. The average Bonchev–Trinajstić information content (AvgIpc) is 2.07. The van der Waals surface area contributed by atoms with Crippen LogP contribution in [0.4, 0.5) is 0 Å². The van der Waals surface area contributed by atoms with Crippen LogP contribution in [0.25, 0.3) is 6.08 Å². The molecule has 1 rings (SSSR count). The minimum atomic E-state index is 0.00562. The van der Waals surface area contributed by atoms with Crippen molar-refractivity contribution in [3.05, 3.63) is 39.9 Å². The van der Waals surface area contributed by atoms with Gasteiger partial charge in [-0.25, -0.2) is 0 Å². The maximum absolute atomic E-state index is 6.97. The molecule has 0 atom stereocenters. The quantitative estimate of drug-likeness (QED) is 0.578. The number of hydrogen-bond acceptors (Lipinski definition) is 1. The molecule has 0 aliphatic rings. The monoisotopic (exact) mass is 214 g/mol. The number of hydrogen-bond donors (Lipinski definition) is 2. The highest BCUT2D eigenvalue weighted by Crippen LogP contribution is 2.22. The fourth-order valence-corrected chi connectivity index (χ4v) is 1.11. The van der Waals surface area contributed by atoms with Crippen LogP contribution in [0.15, 0.2) is 24.3 Å². The highest BCUT2D eigenvalue weighted by atomic mass is 35.5. The lowest BCUT2D eigenvalue weighted by Gasteiger charge is -1.96. The van der Waals surface area contributed by atoms with Crippen molar-refractivity contribution in [1.29, 1.82) is 5.41 Å². The van der Waals surface area contributed by atoms with Crippen molar-refractivity contribution in [3.63, 3.8) is 0 Å². The molecule has 0 heterocycles. The van der Waals surface area contributed by atoms with E-state index in [9.17, 15) is 0 Å². The van der Waals surface area contributed by atoms with Crippen molar-refractivity contribution >= 4 is 35.1 Å². The summed E-state index contributed by atoms with van der Waals surface area (Å²) in [4.78, 5) is 0. The molecule has 13 heavy (non-hydrogen) atoms. The molecule has 1 aromatic carbocycles. The van der Waals surface area contributed by atoms with Crippen LogP contribution in [-0.2, 0) is 0 Å². The third kappa shape index (κ3) is 3.09. The van der Waals surface area contributed by atoms with Gasteiger partial charge in [0.1, 0.15) is 5.84 Å². The Hall–Kier alpha value is -0.990. The second-order valence-corrected chi connectivity index (χ2v) is 3.28. The predicted octanol–water partition coefficient (Wildman–Crippen LogP) is 2.94. The maximum atomic E-state index is 6.97. The molecule has 0 aliphatic heterocycles. The molecule has 0 bridgehead atoms. The van der Waals surface area contributed by atoms with E-state index in [1.165, 1.54) is 6.08 Å². The molecule has 2 nitrogen and oxygen atoms in total. The number of halogens is 2. The molecule has 0 fully saturated rings. The van der Waals surface area contributed by atoms with Crippen LogP contribution >= 0.6 is 23.2 Å². The van der Waals surface area contributed by atoms with Gasteiger partial charge in [-0.2, -0.15) is 0 Å². The SMILES string of the molecule is N=C(N)/C=C/c1ccc(Cl)c(Cl)c1. The maximum Gasteiger partial charge on any atom is 0.115 e. The van der Waals surface area contributed by atoms with E-state index in [4.69, 9.17) is 34.3 Å². The fraction of sp³-hybridized carbons (Fsp3) is 0. The first kappa shape index (κ1) is 10.1. The van der Waals surface area contributed by atoms with Crippen molar-refractivity contribution in [2.45, 2.75) is 0 Å². The van der Waals surface area contributed by atoms with E-state index < -0.39 is 0 Å².